The predicted molar refractivity (Wildman–Crippen MR) is 76.1 cm³/mol. The molecule has 2 aromatic heterocycles. The SMILES string of the molecule is Cc1nnsc1C(=O)NCc1cc(C#CCN)cs1. The molecule has 0 fully saturated rings. The van der Waals surface area contributed by atoms with Crippen molar-refractivity contribution in [2.24, 2.45) is 5.73 Å². The number of nitrogens with one attached hydrogen (secondary N) is 1. The third-order valence-electron chi connectivity index (χ3n) is 2.27. The maximum atomic E-state index is 11.9. The summed E-state index contributed by atoms with van der Waals surface area (Å²) in [4.78, 5) is 13.5. The Kier molecular flexibility index (Phi) is 4.63. The van der Waals surface area contributed by atoms with Gasteiger partial charge in [0.15, 0.2) is 0 Å². The van der Waals surface area contributed by atoms with Crippen molar-refractivity contribution in [1.29, 1.82) is 0 Å². The molecule has 2 heterocycles. The van der Waals surface area contributed by atoms with Crippen LogP contribution >= 0.6 is 22.9 Å². The van der Waals surface area contributed by atoms with Crippen LogP contribution in [0, 0.1) is 18.8 Å². The van der Waals surface area contributed by atoms with Crippen molar-refractivity contribution in [1.82, 2.24) is 14.9 Å². The summed E-state index contributed by atoms with van der Waals surface area (Å²) in [5.74, 6) is 5.61. The zero-order chi connectivity index (χ0) is 13.7. The first-order valence-electron chi connectivity index (χ1n) is 5.54. The molecule has 0 saturated carbocycles. The summed E-state index contributed by atoms with van der Waals surface area (Å²) in [5, 5.41) is 8.60. The molecule has 98 valence electrons. The smallest absolute Gasteiger partial charge is 0.265 e. The number of rotatable bonds is 3. The van der Waals surface area contributed by atoms with Gasteiger partial charge in [0.2, 0.25) is 0 Å². The Bertz CT molecular complexity index is 635. The maximum absolute atomic E-state index is 11.9. The van der Waals surface area contributed by atoms with E-state index in [1.54, 1.807) is 18.3 Å². The van der Waals surface area contributed by atoms with Crippen LogP contribution in [-0.4, -0.2) is 22.0 Å². The van der Waals surface area contributed by atoms with Gasteiger partial charge in [-0.15, -0.1) is 16.4 Å². The zero-order valence-corrected chi connectivity index (χ0v) is 11.9. The van der Waals surface area contributed by atoms with Crippen LogP contribution in [0.15, 0.2) is 11.4 Å². The average molecular weight is 292 g/mol. The second kappa shape index (κ2) is 6.43. The lowest BCUT2D eigenvalue weighted by molar-refractivity contribution is 0.0954. The van der Waals surface area contributed by atoms with Crippen molar-refractivity contribution in [3.05, 3.63) is 32.5 Å². The number of nitrogens with zero attached hydrogens (tertiary/aromatic N) is 2. The van der Waals surface area contributed by atoms with E-state index >= 15 is 0 Å². The maximum Gasteiger partial charge on any atom is 0.265 e. The Morgan fingerprint density at radius 3 is 3.11 bits per heavy atom. The molecule has 7 heteroatoms. The molecule has 0 bridgehead atoms. The molecule has 19 heavy (non-hydrogen) atoms. The van der Waals surface area contributed by atoms with E-state index in [0.29, 0.717) is 23.7 Å². The van der Waals surface area contributed by atoms with Crippen LogP contribution in [0.3, 0.4) is 0 Å². The number of nitrogens with two attached hydrogens (primary N) is 1. The lowest BCUT2D eigenvalue weighted by atomic mass is 10.3. The van der Waals surface area contributed by atoms with Crippen LogP contribution in [0.4, 0.5) is 0 Å². The van der Waals surface area contributed by atoms with E-state index < -0.39 is 0 Å². The summed E-state index contributed by atoms with van der Waals surface area (Å²) in [6.45, 7) is 2.59. The molecule has 0 aromatic carbocycles. The highest BCUT2D eigenvalue weighted by Crippen LogP contribution is 2.14. The Balaban J connectivity index is 1.94. The van der Waals surface area contributed by atoms with E-state index in [1.807, 2.05) is 11.4 Å². The van der Waals surface area contributed by atoms with Crippen molar-refractivity contribution in [2.45, 2.75) is 13.5 Å². The number of aromatic nitrogens is 2. The van der Waals surface area contributed by atoms with Gasteiger partial charge in [-0.2, -0.15) is 0 Å². The summed E-state index contributed by atoms with van der Waals surface area (Å²) in [7, 11) is 0. The van der Waals surface area contributed by atoms with E-state index in [2.05, 4.69) is 26.7 Å². The zero-order valence-electron chi connectivity index (χ0n) is 10.3. The molecule has 0 saturated heterocycles. The van der Waals surface area contributed by atoms with Crippen molar-refractivity contribution in [3.8, 4) is 11.8 Å². The first-order valence-corrected chi connectivity index (χ1v) is 7.19. The normalized spacial score (nSPS) is 9.79. The topological polar surface area (TPSA) is 80.9 Å². The average Bonchev–Trinajstić information content (AvgIpc) is 3.02. The first kappa shape index (κ1) is 13.7. The van der Waals surface area contributed by atoms with Crippen LogP contribution in [-0.2, 0) is 6.54 Å². The second-order valence-electron chi connectivity index (χ2n) is 3.68. The van der Waals surface area contributed by atoms with Gasteiger partial charge >= 0.3 is 0 Å². The van der Waals surface area contributed by atoms with Gasteiger partial charge in [-0.25, -0.2) is 0 Å². The third kappa shape index (κ3) is 3.61. The van der Waals surface area contributed by atoms with Gasteiger partial charge < -0.3 is 11.1 Å². The highest BCUT2D eigenvalue weighted by atomic mass is 32.1. The molecule has 2 aromatic rings. The minimum Gasteiger partial charge on any atom is -0.346 e. The fourth-order valence-corrected chi connectivity index (χ4v) is 2.71. The third-order valence-corrected chi connectivity index (χ3v) is 4.03. The first-order chi connectivity index (χ1) is 9.20. The molecule has 0 aliphatic carbocycles. The molecule has 0 radical (unpaired) electrons. The number of carbonyl (C=O) groups excluding carboxylic acids is 1. The van der Waals surface area contributed by atoms with Crippen molar-refractivity contribution in [2.75, 3.05) is 6.54 Å². The van der Waals surface area contributed by atoms with Gasteiger partial charge in [-0.3, -0.25) is 4.79 Å². The number of hydrogen-bond donors (Lipinski definition) is 2. The highest BCUT2D eigenvalue weighted by molar-refractivity contribution is 7.10. The molecule has 2 rings (SSSR count). The van der Waals surface area contributed by atoms with Crippen LogP contribution in [0.1, 0.15) is 25.8 Å². The molecule has 0 aliphatic heterocycles. The molecular weight excluding hydrogens is 280 g/mol. The lowest BCUT2D eigenvalue weighted by Crippen LogP contribution is -2.22. The van der Waals surface area contributed by atoms with E-state index in [-0.39, 0.29) is 5.91 Å². The summed E-state index contributed by atoms with van der Waals surface area (Å²) >= 11 is 2.66. The number of hydrogen-bond acceptors (Lipinski definition) is 6. The van der Waals surface area contributed by atoms with Gasteiger partial charge in [-0.1, -0.05) is 16.3 Å². The fourth-order valence-electron chi connectivity index (χ4n) is 1.38. The van der Waals surface area contributed by atoms with Crippen molar-refractivity contribution in [3.63, 3.8) is 0 Å². The highest BCUT2D eigenvalue weighted by Gasteiger charge is 2.12. The van der Waals surface area contributed by atoms with Crippen LogP contribution in [0.25, 0.3) is 0 Å². The van der Waals surface area contributed by atoms with Gasteiger partial charge in [-0.05, 0) is 24.5 Å². The number of aryl methyl sites for hydroxylation is 1. The van der Waals surface area contributed by atoms with Crippen molar-refractivity contribution >= 4 is 28.8 Å². The Hall–Kier alpha value is -1.75. The standard InChI is InChI=1S/C12H12N4OS2/c1-8-11(19-16-15-8)12(17)14-6-10-5-9(7-18-10)3-2-4-13/h5,7H,4,6,13H2,1H3,(H,14,17). The molecule has 1 amide bonds. The fraction of sp³-hybridized carbons (Fsp3) is 0.250. The second-order valence-corrected chi connectivity index (χ2v) is 5.43. The molecule has 0 aliphatic rings. The van der Waals surface area contributed by atoms with Crippen LogP contribution in [0.5, 0.6) is 0 Å². The number of amides is 1. The predicted octanol–water partition coefficient (Wildman–Crippen LogP) is 1.15. The molecule has 0 unspecified atom stereocenters. The monoisotopic (exact) mass is 292 g/mol. The quantitative estimate of drug-likeness (QED) is 0.832. The molecular formula is C12H12N4OS2. The summed E-state index contributed by atoms with van der Waals surface area (Å²) in [6.07, 6.45) is 0. The summed E-state index contributed by atoms with van der Waals surface area (Å²) in [6, 6.07) is 1.95. The Morgan fingerprint density at radius 2 is 2.42 bits per heavy atom. The largest absolute Gasteiger partial charge is 0.346 e. The summed E-state index contributed by atoms with van der Waals surface area (Å²) < 4.78 is 3.74. The van der Waals surface area contributed by atoms with E-state index in [1.165, 1.54) is 0 Å². The van der Waals surface area contributed by atoms with Gasteiger partial charge in [0, 0.05) is 15.8 Å². The lowest BCUT2D eigenvalue weighted by Gasteiger charge is -2.00. The minimum atomic E-state index is -0.143. The molecule has 5 nitrogen and oxygen atoms in total. The molecule has 0 spiro atoms. The number of carbonyl (C=O) groups is 1. The van der Waals surface area contributed by atoms with Gasteiger partial charge in [0.25, 0.3) is 5.91 Å². The molecule has 3 N–H and O–H groups in total. The van der Waals surface area contributed by atoms with Gasteiger partial charge in [0.05, 0.1) is 18.8 Å². The summed E-state index contributed by atoms with van der Waals surface area (Å²) in [5.41, 5.74) is 6.89. The van der Waals surface area contributed by atoms with E-state index in [0.717, 1.165) is 22.0 Å². The Morgan fingerprint density at radius 1 is 1.58 bits per heavy atom. The van der Waals surface area contributed by atoms with E-state index in [9.17, 15) is 4.79 Å². The van der Waals surface area contributed by atoms with Gasteiger partial charge in [0.1, 0.15) is 4.88 Å². The minimum absolute atomic E-state index is 0.143. The van der Waals surface area contributed by atoms with E-state index in [4.69, 9.17) is 5.73 Å². The van der Waals surface area contributed by atoms with Crippen LogP contribution < -0.4 is 11.1 Å². The molecule has 0 atom stereocenters. The van der Waals surface area contributed by atoms with Crippen molar-refractivity contribution < 1.29 is 4.79 Å². The van der Waals surface area contributed by atoms with Crippen LogP contribution in [0.2, 0.25) is 0 Å². The Labute approximate surface area is 119 Å². The number of thiophene rings is 1.